The molecule has 2 rings (SSSR count). The number of nitrogens with one attached hydrogen (secondary N) is 1. The summed E-state index contributed by atoms with van der Waals surface area (Å²) in [5.74, 6) is 1.39. The van der Waals surface area contributed by atoms with Crippen LogP contribution >= 0.6 is 23.4 Å². The van der Waals surface area contributed by atoms with E-state index < -0.39 is 4.92 Å². The zero-order valence-electron chi connectivity index (χ0n) is 12.8. The van der Waals surface area contributed by atoms with Crippen LogP contribution in [0.5, 0.6) is 5.75 Å². The number of ether oxygens (including phenoxy) is 1. The van der Waals surface area contributed by atoms with Crippen molar-refractivity contribution in [3.63, 3.8) is 0 Å². The van der Waals surface area contributed by atoms with Gasteiger partial charge in [0.25, 0.3) is 5.69 Å². The highest BCUT2D eigenvalue weighted by Crippen LogP contribution is 2.27. The number of methoxy groups -OCH3 is 1. The van der Waals surface area contributed by atoms with Crippen LogP contribution in [0.15, 0.2) is 42.5 Å². The molecule has 6 nitrogen and oxygen atoms in total. The maximum absolute atomic E-state index is 12.0. The minimum absolute atomic E-state index is 0.124. The normalized spacial score (nSPS) is 10.2. The quantitative estimate of drug-likeness (QED) is 0.588. The van der Waals surface area contributed by atoms with Gasteiger partial charge in [-0.05, 0) is 23.8 Å². The summed E-state index contributed by atoms with van der Waals surface area (Å²) < 4.78 is 5.08. The van der Waals surface area contributed by atoms with E-state index in [1.165, 1.54) is 30.0 Å². The van der Waals surface area contributed by atoms with Crippen LogP contribution in [0, 0.1) is 10.1 Å². The lowest BCUT2D eigenvalue weighted by Gasteiger charge is -2.07. The van der Waals surface area contributed by atoms with Gasteiger partial charge >= 0.3 is 0 Å². The number of nitro groups is 1. The Labute approximate surface area is 148 Å². The lowest BCUT2D eigenvalue weighted by atomic mass is 10.2. The number of nitrogens with zero attached hydrogens (tertiary/aromatic N) is 1. The third-order valence-electron chi connectivity index (χ3n) is 3.10. The van der Waals surface area contributed by atoms with Gasteiger partial charge in [-0.3, -0.25) is 14.9 Å². The second kappa shape index (κ2) is 8.56. The fourth-order valence-electron chi connectivity index (χ4n) is 1.89. The van der Waals surface area contributed by atoms with Gasteiger partial charge in [-0.1, -0.05) is 23.7 Å². The van der Waals surface area contributed by atoms with E-state index in [9.17, 15) is 14.9 Å². The van der Waals surface area contributed by atoms with Crippen LogP contribution in [0.1, 0.15) is 5.56 Å². The number of anilines is 1. The largest absolute Gasteiger partial charge is 0.497 e. The number of rotatable bonds is 7. The van der Waals surface area contributed by atoms with Crippen LogP contribution in [-0.2, 0) is 10.5 Å². The van der Waals surface area contributed by atoms with Gasteiger partial charge < -0.3 is 10.1 Å². The fraction of sp³-hybridized carbons (Fsp3) is 0.188. The smallest absolute Gasteiger partial charge is 0.271 e. The zero-order chi connectivity index (χ0) is 17.5. The summed E-state index contributed by atoms with van der Waals surface area (Å²) in [5, 5.41) is 13.6. The average molecular weight is 367 g/mol. The number of benzene rings is 2. The van der Waals surface area contributed by atoms with Crippen molar-refractivity contribution >= 4 is 40.6 Å². The minimum atomic E-state index is -0.537. The molecule has 24 heavy (non-hydrogen) atoms. The molecule has 0 heterocycles. The van der Waals surface area contributed by atoms with Crippen LogP contribution in [0.25, 0.3) is 0 Å². The van der Waals surface area contributed by atoms with E-state index in [0.717, 1.165) is 11.3 Å². The van der Waals surface area contributed by atoms with Crippen LogP contribution in [0.2, 0.25) is 5.02 Å². The van der Waals surface area contributed by atoms with Gasteiger partial charge in [-0.25, -0.2) is 0 Å². The number of hydrogen-bond donors (Lipinski definition) is 1. The molecule has 0 fully saturated rings. The topological polar surface area (TPSA) is 81.5 Å². The highest BCUT2D eigenvalue weighted by atomic mass is 35.5. The summed E-state index contributed by atoms with van der Waals surface area (Å²) in [6.07, 6.45) is 0. The first-order valence-corrected chi connectivity index (χ1v) is 8.47. The first kappa shape index (κ1) is 18.1. The van der Waals surface area contributed by atoms with Crippen molar-refractivity contribution in [3.8, 4) is 5.75 Å². The highest BCUT2D eigenvalue weighted by Gasteiger charge is 2.12. The summed E-state index contributed by atoms with van der Waals surface area (Å²) in [4.78, 5) is 22.2. The molecule has 0 unspecified atom stereocenters. The van der Waals surface area contributed by atoms with Crippen LogP contribution in [0.4, 0.5) is 11.4 Å². The number of halogens is 1. The first-order valence-electron chi connectivity index (χ1n) is 6.94. The number of amides is 1. The molecule has 0 atom stereocenters. The number of nitro benzene ring substituents is 1. The lowest BCUT2D eigenvalue weighted by molar-refractivity contribution is -0.384. The van der Waals surface area contributed by atoms with Crippen LogP contribution < -0.4 is 10.1 Å². The van der Waals surface area contributed by atoms with Crippen molar-refractivity contribution in [2.75, 3.05) is 18.2 Å². The number of non-ortho nitro benzene ring substituents is 1. The maximum Gasteiger partial charge on any atom is 0.271 e. The molecular formula is C16H15ClN2O4S. The van der Waals surface area contributed by atoms with Crippen LogP contribution in [0.3, 0.4) is 0 Å². The van der Waals surface area contributed by atoms with E-state index >= 15 is 0 Å². The summed E-state index contributed by atoms with van der Waals surface area (Å²) in [6.45, 7) is 0. The summed E-state index contributed by atoms with van der Waals surface area (Å²) in [5.41, 5.74) is 1.18. The van der Waals surface area contributed by atoms with Gasteiger partial charge in [0.1, 0.15) is 5.75 Å². The first-order chi connectivity index (χ1) is 11.5. The van der Waals surface area contributed by atoms with E-state index in [1.807, 2.05) is 24.3 Å². The molecule has 0 aliphatic carbocycles. The molecule has 0 aliphatic heterocycles. The number of hydrogen-bond acceptors (Lipinski definition) is 5. The van der Waals surface area contributed by atoms with E-state index in [4.69, 9.17) is 16.3 Å². The standard InChI is InChI=1S/C16H15ClN2O4S/c1-23-13-5-2-11(3-6-13)9-24-10-16(20)18-15-8-12(19(21)22)4-7-14(15)17/h2-8H,9-10H2,1H3,(H,18,20). The molecule has 0 spiro atoms. The van der Waals surface area contributed by atoms with Crippen molar-refractivity contribution in [2.45, 2.75) is 5.75 Å². The molecule has 8 heteroatoms. The van der Waals surface area contributed by atoms with Crippen LogP contribution in [-0.4, -0.2) is 23.7 Å². The Kier molecular flexibility index (Phi) is 6.45. The molecule has 1 N–H and O–H groups in total. The Balaban J connectivity index is 1.86. The van der Waals surface area contributed by atoms with Crippen molar-refractivity contribution in [1.29, 1.82) is 0 Å². The zero-order valence-corrected chi connectivity index (χ0v) is 14.4. The summed E-state index contributed by atoms with van der Waals surface area (Å²) >= 11 is 7.38. The molecule has 0 saturated heterocycles. The molecular weight excluding hydrogens is 352 g/mol. The van der Waals surface area contributed by atoms with E-state index in [1.54, 1.807) is 7.11 Å². The molecule has 0 saturated carbocycles. The molecule has 0 radical (unpaired) electrons. The Morgan fingerprint density at radius 3 is 2.62 bits per heavy atom. The predicted molar refractivity (Wildman–Crippen MR) is 95.9 cm³/mol. The SMILES string of the molecule is COc1ccc(CSCC(=O)Nc2cc([N+](=O)[O-])ccc2Cl)cc1. The second-order valence-corrected chi connectivity index (χ2v) is 6.20. The van der Waals surface area contributed by atoms with Gasteiger partial charge in [-0.2, -0.15) is 0 Å². The molecule has 0 aromatic heterocycles. The Bertz CT molecular complexity index is 737. The monoisotopic (exact) mass is 366 g/mol. The van der Waals surface area contributed by atoms with Crippen molar-refractivity contribution in [2.24, 2.45) is 0 Å². The third-order valence-corrected chi connectivity index (χ3v) is 4.43. The number of carbonyl (C=O) groups is 1. The molecule has 1 amide bonds. The average Bonchev–Trinajstić information content (AvgIpc) is 2.57. The molecule has 0 bridgehead atoms. The van der Waals surface area contributed by atoms with Gasteiger partial charge in [0.2, 0.25) is 5.91 Å². The highest BCUT2D eigenvalue weighted by molar-refractivity contribution is 7.99. The number of carbonyl (C=O) groups excluding carboxylic acids is 1. The Morgan fingerprint density at radius 2 is 2.00 bits per heavy atom. The van der Waals surface area contributed by atoms with Crippen molar-refractivity contribution in [3.05, 3.63) is 63.2 Å². The van der Waals surface area contributed by atoms with Gasteiger partial charge in [0, 0.05) is 17.9 Å². The van der Waals surface area contributed by atoms with E-state index in [2.05, 4.69) is 5.32 Å². The van der Waals surface area contributed by atoms with E-state index in [0.29, 0.717) is 5.75 Å². The Hall–Kier alpha value is -2.25. The van der Waals surface area contributed by atoms with Gasteiger partial charge in [0.15, 0.2) is 0 Å². The van der Waals surface area contributed by atoms with Crippen molar-refractivity contribution < 1.29 is 14.5 Å². The Morgan fingerprint density at radius 1 is 1.29 bits per heavy atom. The molecule has 0 aliphatic rings. The summed E-state index contributed by atoms with van der Waals surface area (Å²) in [6, 6.07) is 11.5. The minimum Gasteiger partial charge on any atom is -0.497 e. The van der Waals surface area contributed by atoms with Gasteiger partial charge in [0.05, 0.1) is 28.5 Å². The third kappa shape index (κ3) is 5.14. The van der Waals surface area contributed by atoms with Gasteiger partial charge in [-0.15, -0.1) is 11.8 Å². The number of thioether (sulfide) groups is 1. The molecule has 2 aromatic rings. The predicted octanol–water partition coefficient (Wildman–Crippen LogP) is 4.13. The lowest BCUT2D eigenvalue weighted by Crippen LogP contribution is -2.14. The van der Waals surface area contributed by atoms with E-state index in [-0.39, 0.29) is 28.1 Å². The summed E-state index contributed by atoms with van der Waals surface area (Å²) in [7, 11) is 1.60. The molecule has 126 valence electrons. The second-order valence-electron chi connectivity index (χ2n) is 4.81. The molecule has 2 aromatic carbocycles. The maximum atomic E-state index is 12.0. The fourth-order valence-corrected chi connectivity index (χ4v) is 2.84. The van der Waals surface area contributed by atoms with Crippen molar-refractivity contribution in [1.82, 2.24) is 0 Å².